The molecule has 0 heterocycles. The summed E-state index contributed by atoms with van der Waals surface area (Å²) >= 11 is 10.8. The Morgan fingerprint density at radius 1 is 1.75 bits per heavy atom. The quantitative estimate of drug-likeness (QED) is 0.548. The van der Waals surface area contributed by atoms with E-state index >= 15 is 0 Å². The summed E-state index contributed by atoms with van der Waals surface area (Å²) in [6.07, 6.45) is 3.91. The van der Waals surface area contributed by atoms with Crippen LogP contribution in [0.1, 0.15) is 19.8 Å². The second-order valence-electron chi connectivity index (χ2n) is 2.27. The van der Waals surface area contributed by atoms with Crippen molar-refractivity contribution in [3.8, 4) is 0 Å². The second-order valence-corrected chi connectivity index (χ2v) is 4.17. The van der Waals surface area contributed by atoms with Crippen molar-refractivity contribution in [2.75, 3.05) is 5.75 Å². The van der Waals surface area contributed by atoms with Gasteiger partial charge in [0.2, 0.25) is 0 Å². The van der Waals surface area contributed by atoms with Crippen LogP contribution in [-0.4, -0.2) is 26.2 Å². The van der Waals surface area contributed by atoms with Gasteiger partial charge in [-0.25, -0.2) is 0 Å². The van der Waals surface area contributed by atoms with Gasteiger partial charge in [-0.1, -0.05) is 13.3 Å². The molecule has 0 radical (unpaired) electrons. The predicted octanol–water partition coefficient (Wildman–Crippen LogP) is 2.93. The lowest BCUT2D eigenvalue weighted by Crippen LogP contribution is -2.11. The van der Waals surface area contributed by atoms with Crippen LogP contribution in [0.5, 0.6) is 0 Å². The van der Waals surface area contributed by atoms with E-state index in [1.54, 1.807) is 17.8 Å². The molecule has 0 amide bonds. The minimum absolute atomic E-state index is 0.00606. The van der Waals surface area contributed by atoms with E-state index < -0.39 is 0 Å². The van der Waals surface area contributed by atoms with Crippen molar-refractivity contribution in [3.05, 3.63) is 6.08 Å². The van der Waals surface area contributed by atoms with Crippen LogP contribution in [0, 0.1) is 0 Å². The lowest BCUT2D eigenvalue weighted by atomic mass is 10.4. The lowest BCUT2D eigenvalue weighted by molar-refractivity contribution is 0.559. The Morgan fingerprint density at radius 2 is 2.42 bits per heavy atom. The molecule has 1 unspecified atom stereocenters. The van der Waals surface area contributed by atoms with Gasteiger partial charge in [-0.15, -0.1) is 11.8 Å². The maximum Gasteiger partial charge on any atom is 0.174 e. The van der Waals surface area contributed by atoms with Crippen LogP contribution >= 0.6 is 36.2 Å². The van der Waals surface area contributed by atoms with Crippen LogP contribution in [0.2, 0.25) is 0 Å². The third-order valence-electron chi connectivity index (χ3n) is 1.26. The first kappa shape index (κ1) is 12.1. The van der Waals surface area contributed by atoms with E-state index in [1.807, 2.05) is 0 Å². The zero-order valence-electron chi connectivity index (χ0n) is 6.95. The fourth-order valence-electron chi connectivity index (χ4n) is 0.607. The Kier molecular flexibility index (Phi) is 7.81. The third-order valence-corrected chi connectivity index (χ3v) is 3.04. The Morgan fingerprint density at radius 3 is 2.83 bits per heavy atom. The molecule has 0 rings (SSSR count). The highest BCUT2D eigenvalue weighted by Gasteiger charge is 2.09. The average molecular weight is 220 g/mol. The topological polar surface area (TPSA) is 20.2 Å². The maximum absolute atomic E-state index is 9.04. The smallest absolute Gasteiger partial charge is 0.174 e. The molecular formula is C8H12OS3. The van der Waals surface area contributed by atoms with Crippen LogP contribution < -0.4 is 0 Å². The molecule has 12 heavy (non-hydrogen) atoms. The third kappa shape index (κ3) is 5.72. The van der Waals surface area contributed by atoms with Gasteiger partial charge in [0.1, 0.15) is 0 Å². The van der Waals surface area contributed by atoms with Crippen LogP contribution in [-0.2, 0) is 0 Å². The minimum atomic E-state index is -0.149. The Balaban J connectivity index is 3.79. The van der Waals surface area contributed by atoms with E-state index in [0.717, 1.165) is 18.6 Å². The number of thioether (sulfide) groups is 1. The summed E-state index contributed by atoms with van der Waals surface area (Å²) in [6, 6.07) is 0. The molecule has 0 aromatic heterocycles. The van der Waals surface area contributed by atoms with Crippen molar-refractivity contribution < 1.29 is 5.11 Å². The number of unbranched alkanes of at least 4 members (excludes halogenated alkanes) is 1. The molecule has 0 saturated carbocycles. The summed E-state index contributed by atoms with van der Waals surface area (Å²) < 4.78 is 0. The van der Waals surface area contributed by atoms with Crippen molar-refractivity contribution in [1.29, 1.82) is 0 Å². The van der Waals surface area contributed by atoms with Gasteiger partial charge in [0.05, 0.1) is 5.25 Å². The monoisotopic (exact) mass is 220 g/mol. The first-order chi connectivity index (χ1) is 5.72. The largest absolute Gasteiger partial charge is 0.501 e. The summed E-state index contributed by atoms with van der Waals surface area (Å²) in [5.41, 5.74) is 0. The summed E-state index contributed by atoms with van der Waals surface area (Å²) in [7, 11) is 0. The highest BCUT2D eigenvalue weighted by atomic mass is 32.2. The van der Waals surface area contributed by atoms with Crippen molar-refractivity contribution in [2.24, 2.45) is 0 Å². The molecule has 0 fully saturated rings. The minimum Gasteiger partial charge on any atom is -0.501 e. The number of thiocarbonyl (C=S) groups is 2. The van der Waals surface area contributed by atoms with Gasteiger partial charge in [0.25, 0.3) is 0 Å². The van der Waals surface area contributed by atoms with E-state index in [2.05, 4.69) is 36.4 Å². The Hall–Kier alpha value is 0.110. The molecule has 0 aromatic carbocycles. The van der Waals surface area contributed by atoms with E-state index in [9.17, 15) is 0 Å². The van der Waals surface area contributed by atoms with Gasteiger partial charge in [0, 0.05) is 0 Å². The van der Waals surface area contributed by atoms with Gasteiger partial charge in [-0.05, 0) is 47.7 Å². The number of hydrogen-bond donors (Lipinski definition) is 1. The molecule has 4 heteroatoms. The summed E-state index contributed by atoms with van der Waals surface area (Å²) in [4.78, 5) is 0. The highest BCUT2D eigenvalue weighted by Crippen LogP contribution is 2.14. The molecule has 1 atom stereocenters. The molecule has 0 aliphatic carbocycles. The van der Waals surface area contributed by atoms with Gasteiger partial charge in [0.15, 0.2) is 5.05 Å². The molecular weight excluding hydrogens is 208 g/mol. The highest BCUT2D eigenvalue weighted by molar-refractivity contribution is 8.01. The average Bonchev–Trinajstić information content (AvgIpc) is 2.03. The van der Waals surface area contributed by atoms with Gasteiger partial charge in [-0.2, -0.15) is 0 Å². The molecule has 68 valence electrons. The molecule has 1 nitrogen and oxygen atoms in total. The zero-order valence-corrected chi connectivity index (χ0v) is 9.40. The van der Waals surface area contributed by atoms with Crippen molar-refractivity contribution in [2.45, 2.75) is 25.0 Å². The first-order valence-corrected chi connectivity index (χ1v) is 5.64. The Labute approximate surface area is 88.2 Å². The van der Waals surface area contributed by atoms with Crippen LogP contribution in [0.3, 0.4) is 0 Å². The van der Waals surface area contributed by atoms with E-state index in [0.29, 0.717) is 0 Å². The van der Waals surface area contributed by atoms with Crippen LogP contribution in [0.25, 0.3) is 0 Å². The van der Waals surface area contributed by atoms with E-state index in [-0.39, 0.29) is 10.3 Å². The summed E-state index contributed by atoms with van der Waals surface area (Å²) in [5, 5.41) is 11.3. The predicted molar refractivity (Wildman–Crippen MR) is 63.5 cm³/mol. The van der Waals surface area contributed by atoms with Crippen molar-refractivity contribution in [3.63, 3.8) is 0 Å². The molecule has 0 spiro atoms. The normalized spacial score (nSPS) is 11.8. The number of hydrogen-bond acceptors (Lipinski definition) is 3. The molecule has 0 aliphatic heterocycles. The van der Waals surface area contributed by atoms with Crippen LogP contribution in [0.4, 0.5) is 0 Å². The maximum atomic E-state index is 9.04. The standard InChI is InChI=1S/C8H12OS3/c1-2-3-6-12-7(4-5-10)8(9)11/h4,7H,2-3,6H2,1H3,(H,9,11). The molecule has 1 N–H and O–H groups in total. The molecule has 0 saturated heterocycles. The summed E-state index contributed by atoms with van der Waals surface area (Å²) in [6.45, 7) is 2.13. The molecule has 0 aromatic rings. The SMILES string of the molecule is CCCCSC(C=C=S)C(O)=S. The zero-order chi connectivity index (χ0) is 9.40. The second kappa shape index (κ2) is 7.74. The first-order valence-electron chi connectivity index (χ1n) is 3.77. The van der Waals surface area contributed by atoms with Gasteiger partial charge < -0.3 is 5.11 Å². The van der Waals surface area contributed by atoms with Gasteiger partial charge >= 0.3 is 0 Å². The summed E-state index contributed by atoms with van der Waals surface area (Å²) in [5.74, 6) is 0.995. The fraction of sp³-hybridized carbons (Fsp3) is 0.625. The van der Waals surface area contributed by atoms with Crippen LogP contribution in [0.15, 0.2) is 6.08 Å². The lowest BCUT2D eigenvalue weighted by Gasteiger charge is -2.06. The number of aliphatic hydroxyl groups excluding tert-OH is 1. The van der Waals surface area contributed by atoms with Crippen molar-refractivity contribution >= 4 is 46.3 Å². The van der Waals surface area contributed by atoms with Gasteiger partial charge in [-0.3, -0.25) is 0 Å². The Bertz CT molecular complexity index is 183. The molecule has 0 aliphatic rings. The van der Waals surface area contributed by atoms with E-state index in [4.69, 9.17) is 5.11 Å². The molecule has 0 bridgehead atoms. The van der Waals surface area contributed by atoms with Crippen molar-refractivity contribution in [1.82, 2.24) is 0 Å². The van der Waals surface area contributed by atoms with E-state index in [1.165, 1.54) is 0 Å². The number of aliphatic hydroxyl groups is 1. The fourth-order valence-corrected chi connectivity index (χ4v) is 2.12. The number of rotatable bonds is 6.